The summed E-state index contributed by atoms with van der Waals surface area (Å²) in [6.07, 6.45) is 6.33. The molecule has 2 N–H and O–H groups in total. The maximum absolute atomic E-state index is 11.8. The number of ether oxygens (including phenoxy) is 1. The van der Waals surface area contributed by atoms with Gasteiger partial charge in [0.1, 0.15) is 0 Å². The second-order valence-corrected chi connectivity index (χ2v) is 7.21. The first-order valence-electron chi connectivity index (χ1n) is 9.53. The molecule has 6 heteroatoms. The number of esters is 1. The smallest absolute Gasteiger partial charge is 0.338 e. The van der Waals surface area contributed by atoms with Crippen molar-refractivity contribution in [1.29, 1.82) is 0 Å². The largest absolute Gasteiger partial charge is 0.465 e. The van der Waals surface area contributed by atoms with Crippen molar-refractivity contribution in [2.24, 2.45) is 0 Å². The molecule has 5 nitrogen and oxygen atoms in total. The molecule has 1 aromatic rings. The molecular weight excluding hydrogens is 346 g/mol. The number of piperidine rings is 1. The Bertz CT molecular complexity index is 621. The number of hydrogen-bond donors (Lipinski definition) is 2. The Morgan fingerprint density at radius 3 is 2.92 bits per heavy atom. The van der Waals surface area contributed by atoms with Crippen molar-refractivity contribution in [1.82, 2.24) is 10.2 Å². The van der Waals surface area contributed by atoms with E-state index in [1.807, 2.05) is 19.1 Å². The van der Waals surface area contributed by atoms with Crippen LogP contribution in [-0.2, 0) is 4.74 Å². The van der Waals surface area contributed by atoms with E-state index in [0.717, 1.165) is 36.8 Å². The molecule has 1 saturated heterocycles. The van der Waals surface area contributed by atoms with Gasteiger partial charge in [-0.25, -0.2) is 4.79 Å². The number of carbonyl (C=O) groups is 1. The van der Waals surface area contributed by atoms with E-state index in [-0.39, 0.29) is 5.97 Å². The number of methoxy groups -OCH3 is 1. The summed E-state index contributed by atoms with van der Waals surface area (Å²) in [5.41, 5.74) is 2.21. The molecule has 0 spiro atoms. The quantitative estimate of drug-likeness (QED) is 0.429. The average molecular weight is 378 g/mol. The van der Waals surface area contributed by atoms with Gasteiger partial charge in [0.2, 0.25) is 0 Å². The highest BCUT2D eigenvalue weighted by molar-refractivity contribution is 7.80. The Labute approximate surface area is 162 Å². The van der Waals surface area contributed by atoms with Crippen molar-refractivity contribution in [3.05, 3.63) is 29.3 Å². The van der Waals surface area contributed by atoms with Gasteiger partial charge in [-0.15, -0.1) is 0 Å². The normalized spacial score (nSPS) is 17.6. The van der Waals surface area contributed by atoms with Gasteiger partial charge in [-0.05, 0) is 69.1 Å². The lowest BCUT2D eigenvalue weighted by molar-refractivity contribution is 0.0600. The molecule has 0 aromatic heterocycles. The lowest BCUT2D eigenvalue weighted by Gasteiger charge is -2.35. The minimum atomic E-state index is -0.336. The first kappa shape index (κ1) is 20.6. The van der Waals surface area contributed by atoms with Gasteiger partial charge >= 0.3 is 5.97 Å². The van der Waals surface area contributed by atoms with Crippen LogP contribution in [0.1, 0.15) is 54.9 Å². The zero-order chi connectivity index (χ0) is 18.9. The van der Waals surface area contributed by atoms with Crippen molar-refractivity contribution in [2.45, 2.75) is 52.0 Å². The highest BCUT2D eigenvalue weighted by atomic mass is 32.1. The third-order valence-electron chi connectivity index (χ3n) is 5.12. The third-order valence-corrected chi connectivity index (χ3v) is 5.36. The molecular formula is C20H31N3O2S. The SMILES string of the molecule is CCC1CCCCN1CCCNC(=S)Nc1cccc(C(=O)OC)c1C. The summed E-state index contributed by atoms with van der Waals surface area (Å²) in [5.74, 6) is -0.336. The van der Waals surface area contributed by atoms with Crippen LogP contribution in [0.4, 0.5) is 5.69 Å². The van der Waals surface area contributed by atoms with Crippen molar-refractivity contribution in [3.63, 3.8) is 0 Å². The Morgan fingerprint density at radius 2 is 2.19 bits per heavy atom. The number of hydrogen-bond acceptors (Lipinski definition) is 4. The number of anilines is 1. The first-order chi connectivity index (χ1) is 12.6. The molecule has 0 aliphatic carbocycles. The minimum absolute atomic E-state index is 0.336. The third kappa shape index (κ3) is 5.68. The molecule has 0 bridgehead atoms. The number of rotatable bonds is 7. The summed E-state index contributed by atoms with van der Waals surface area (Å²) < 4.78 is 4.81. The van der Waals surface area contributed by atoms with Crippen LogP contribution in [0.5, 0.6) is 0 Å². The lowest BCUT2D eigenvalue weighted by Crippen LogP contribution is -2.41. The zero-order valence-electron chi connectivity index (χ0n) is 16.1. The molecule has 1 unspecified atom stereocenters. The van der Waals surface area contributed by atoms with E-state index < -0.39 is 0 Å². The molecule has 1 aliphatic rings. The summed E-state index contributed by atoms with van der Waals surface area (Å²) >= 11 is 5.40. The van der Waals surface area contributed by atoms with E-state index in [4.69, 9.17) is 17.0 Å². The van der Waals surface area contributed by atoms with E-state index in [2.05, 4.69) is 22.5 Å². The monoisotopic (exact) mass is 377 g/mol. The molecule has 1 aliphatic heterocycles. The number of likely N-dealkylation sites (tertiary alicyclic amines) is 1. The van der Waals surface area contributed by atoms with E-state index in [1.165, 1.54) is 39.3 Å². The highest BCUT2D eigenvalue weighted by Gasteiger charge is 2.19. The van der Waals surface area contributed by atoms with Crippen LogP contribution in [-0.4, -0.2) is 48.8 Å². The Morgan fingerprint density at radius 1 is 1.38 bits per heavy atom. The lowest BCUT2D eigenvalue weighted by atomic mass is 10.00. The second kappa shape index (κ2) is 10.5. The minimum Gasteiger partial charge on any atom is -0.465 e. The number of thiocarbonyl (C=S) groups is 1. The van der Waals surface area contributed by atoms with Crippen LogP contribution in [0.25, 0.3) is 0 Å². The Balaban J connectivity index is 1.78. The van der Waals surface area contributed by atoms with Crippen LogP contribution in [0.2, 0.25) is 0 Å². The summed E-state index contributed by atoms with van der Waals surface area (Å²) in [7, 11) is 1.39. The van der Waals surface area contributed by atoms with Gasteiger partial charge in [0.15, 0.2) is 5.11 Å². The van der Waals surface area contributed by atoms with Gasteiger partial charge in [-0.2, -0.15) is 0 Å². The maximum atomic E-state index is 11.8. The fourth-order valence-corrected chi connectivity index (χ4v) is 3.78. The molecule has 26 heavy (non-hydrogen) atoms. The van der Waals surface area contributed by atoms with Gasteiger partial charge in [-0.3, -0.25) is 0 Å². The summed E-state index contributed by atoms with van der Waals surface area (Å²) in [6, 6.07) is 6.24. The van der Waals surface area contributed by atoms with Crippen LogP contribution in [0.15, 0.2) is 18.2 Å². The molecule has 1 atom stereocenters. The molecule has 0 saturated carbocycles. The van der Waals surface area contributed by atoms with Gasteiger partial charge < -0.3 is 20.3 Å². The van der Waals surface area contributed by atoms with Gasteiger partial charge in [0, 0.05) is 24.8 Å². The van der Waals surface area contributed by atoms with Crippen molar-refractivity contribution in [3.8, 4) is 0 Å². The molecule has 1 aromatic carbocycles. The van der Waals surface area contributed by atoms with Crippen LogP contribution >= 0.6 is 12.2 Å². The zero-order valence-corrected chi connectivity index (χ0v) is 17.0. The molecule has 144 valence electrons. The molecule has 2 rings (SSSR count). The summed E-state index contributed by atoms with van der Waals surface area (Å²) in [5, 5.41) is 7.04. The highest BCUT2D eigenvalue weighted by Crippen LogP contribution is 2.20. The maximum Gasteiger partial charge on any atom is 0.338 e. The van der Waals surface area contributed by atoms with Crippen molar-refractivity contribution in [2.75, 3.05) is 32.1 Å². The summed E-state index contributed by atoms with van der Waals surface area (Å²) in [6.45, 7) is 7.35. The number of nitrogens with one attached hydrogen (secondary N) is 2. The van der Waals surface area contributed by atoms with Gasteiger partial charge in [-0.1, -0.05) is 19.4 Å². The average Bonchev–Trinajstić information content (AvgIpc) is 2.66. The molecule has 0 radical (unpaired) electrons. The summed E-state index contributed by atoms with van der Waals surface area (Å²) in [4.78, 5) is 14.4. The van der Waals surface area contributed by atoms with Crippen LogP contribution in [0.3, 0.4) is 0 Å². The van der Waals surface area contributed by atoms with E-state index in [9.17, 15) is 4.79 Å². The van der Waals surface area contributed by atoms with Crippen molar-refractivity contribution < 1.29 is 9.53 Å². The Kier molecular flexibility index (Phi) is 8.32. The standard InChI is InChI=1S/C20H31N3O2S/c1-4-16-9-5-6-13-23(16)14-8-12-21-20(26)22-18-11-7-10-17(15(18)2)19(24)25-3/h7,10-11,16H,4-6,8-9,12-14H2,1-3H3,(H2,21,22,26). The van der Waals surface area contributed by atoms with Crippen LogP contribution < -0.4 is 10.6 Å². The fraction of sp³-hybridized carbons (Fsp3) is 0.600. The molecule has 0 amide bonds. The second-order valence-electron chi connectivity index (χ2n) is 6.80. The van der Waals surface area contributed by atoms with E-state index in [0.29, 0.717) is 10.7 Å². The van der Waals surface area contributed by atoms with Gasteiger partial charge in [0.25, 0.3) is 0 Å². The number of benzene rings is 1. The predicted octanol–water partition coefficient (Wildman–Crippen LogP) is 3.72. The van der Waals surface area contributed by atoms with Crippen molar-refractivity contribution >= 4 is 29.0 Å². The number of carbonyl (C=O) groups excluding carboxylic acids is 1. The fourth-order valence-electron chi connectivity index (χ4n) is 3.57. The molecule has 1 fully saturated rings. The van der Waals surface area contributed by atoms with Crippen LogP contribution in [0, 0.1) is 6.92 Å². The van der Waals surface area contributed by atoms with E-state index >= 15 is 0 Å². The first-order valence-corrected chi connectivity index (χ1v) is 9.94. The van der Waals surface area contributed by atoms with E-state index in [1.54, 1.807) is 6.07 Å². The predicted molar refractivity (Wildman–Crippen MR) is 111 cm³/mol. The number of nitrogens with zero attached hydrogens (tertiary/aromatic N) is 1. The Hall–Kier alpha value is -1.66. The molecule has 1 heterocycles. The van der Waals surface area contributed by atoms with Gasteiger partial charge in [0.05, 0.1) is 12.7 Å². The topological polar surface area (TPSA) is 53.6 Å².